The Balaban J connectivity index is 1.95. The molecule has 3 rings (SSSR count). The molecule has 0 aromatic heterocycles. The van der Waals surface area contributed by atoms with Crippen LogP contribution in [0.3, 0.4) is 0 Å². The number of nitrogens with one attached hydrogen (secondary N) is 1. The zero-order chi connectivity index (χ0) is 18.7. The van der Waals surface area contributed by atoms with Crippen molar-refractivity contribution in [2.24, 2.45) is 5.92 Å². The fourth-order valence-electron chi connectivity index (χ4n) is 4.32. The zero-order valence-electron chi connectivity index (χ0n) is 16.1. The molecule has 26 heavy (non-hydrogen) atoms. The molecule has 0 unspecified atom stereocenters. The van der Waals surface area contributed by atoms with E-state index in [1.807, 2.05) is 38.1 Å². The molecular weight excluding hydrogens is 328 g/mol. The average Bonchev–Trinajstić information content (AvgIpc) is 2.97. The lowest BCUT2D eigenvalue weighted by Crippen LogP contribution is -2.57. The molecule has 5 heteroatoms. The molecule has 1 saturated heterocycles. The number of nitrogens with zero attached hydrogens (tertiary/aromatic N) is 1. The fraction of sp³-hybridized carbons (Fsp3) is 0.619. The number of ether oxygens (including phenoxy) is 1. The molecule has 142 valence electrons. The number of rotatable bonds is 4. The minimum atomic E-state index is -0.648. The highest BCUT2D eigenvalue weighted by Gasteiger charge is 2.54. The van der Waals surface area contributed by atoms with Crippen molar-refractivity contribution in [3.8, 4) is 0 Å². The third kappa shape index (κ3) is 3.50. The van der Waals surface area contributed by atoms with Crippen LogP contribution in [-0.4, -0.2) is 41.6 Å². The molecule has 1 aliphatic heterocycles. The molecule has 3 atom stereocenters. The molecule has 2 aliphatic rings. The van der Waals surface area contributed by atoms with Gasteiger partial charge >= 0.3 is 0 Å². The number of amides is 2. The minimum absolute atomic E-state index is 0.0913. The van der Waals surface area contributed by atoms with Crippen LogP contribution >= 0.6 is 0 Å². The predicted octanol–water partition coefficient (Wildman–Crippen LogP) is 3.27. The van der Waals surface area contributed by atoms with E-state index in [9.17, 15) is 9.59 Å². The Morgan fingerprint density at radius 2 is 2.12 bits per heavy atom. The third-order valence-corrected chi connectivity index (χ3v) is 5.64. The number of benzene rings is 1. The monoisotopic (exact) mass is 358 g/mol. The van der Waals surface area contributed by atoms with Gasteiger partial charge in [-0.05, 0) is 50.2 Å². The Bertz CT molecular complexity index is 675. The van der Waals surface area contributed by atoms with Crippen molar-refractivity contribution in [1.82, 2.24) is 10.2 Å². The lowest BCUT2D eigenvalue weighted by atomic mass is 9.82. The van der Waals surface area contributed by atoms with Gasteiger partial charge in [0.05, 0.1) is 6.61 Å². The summed E-state index contributed by atoms with van der Waals surface area (Å²) in [6.45, 7) is 7.05. The molecule has 1 heterocycles. The summed E-state index contributed by atoms with van der Waals surface area (Å²) in [4.78, 5) is 28.0. The van der Waals surface area contributed by atoms with Gasteiger partial charge in [0.15, 0.2) is 0 Å². The van der Waals surface area contributed by atoms with Crippen molar-refractivity contribution in [3.63, 3.8) is 0 Å². The van der Waals surface area contributed by atoms with E-state index in [2.05, 4.69) is 12.2 Å². The molecule has 5 nitrogen and oxygen atoms in total. The summed E-state index contributed by atoms with van der Waals surface area (Å²) >= 11 is 0. The summed E-state index contributed by atoms with van der Waals surface area (Å²) in [7, 11) is 0. The predicted molar refractivity (Wildman–Crippen MR) is 101 cm³/mol. The SMILES string of the molecule is CCCNC(=O)[C@@H]1CO[C@]2(CCC[C@H](C)C2)N1C(=O)c1ccccc1C. The highest BCUT2D eigenvalue weighted by Crippen LogP contribution is 2.43. The number of aryl methyl sites for hydroxylation is 1. The molecule has 0 radical (unpaired) electrons. The van der Waals surface area contributed by atoms with Gasteiger partial charge < -0.3 is 10.1 Å². The maximum absolute atomic E-state index is 13.5. The van der Waals surface area contributed by atoms with Crippen molar-refractivity contribution < 1.29 is 14.3 Å². The van der Waals surface area contributed by atoms with Crippen LogP contribution in [0.2, 0.25) is 0 Å². The van der Waals surface area contributed by atoms with Crippen LogP contribution in [0.4, 0.5) is 0 Å². The fourth-order valence-corrected chi connectivity index (χ4v) is 4.32. The molecule has 1 aliphatic carbocycles. The van der Waals surface area contributed by atoms with Gasteiger partial charge in [0.2, 0.25) is 5.91 Å². The molecule has 1 spiro atoms. The smallest absolute Gasteiger partial charge is 0.257 e. The summed E-state index contributed by atoms with van der Waals surface area (Å²) in [5.41, 5.74) is 0.936. The summed E-state index contributed by atoms with van der Waals surface area (Å²) < 4.78 is 6.20. The summed E-state index contributed by atoms with van der Waals surface area (Å²) in [6.07, 6.45) is 4.62. The second-order valence-corrected chi connectivity index (χ2v) is 7.76. The largest absolute Gasteiger partial charge is 0.354 e. The topological polar surface area (TPSA) is 58.6 Å². The summed E-state index contributed by atoms with van der Waals surface area (Å²) in [5, 5.41) is 2.95. The first-order valence-corrected chi connectivity index (χ1v) is 9.79. The molecule has 2 amide bonds. The van der Waals surface area contributed by atoms with Gasteiger partial charge in [-0.25, -0.2) is 0 Å². The Kier molecular flexibility index (Phi) is 5.66. The molecular formula is C21H30N2O3. The maximum Gasteiger partial charge on any atom is 0.257 e. The second-order valence-electron chi connectivity index (χ2n) is 7.76. The lowest BCUT2D eigenvalue weighted by Gasteiger charge is -2.43. The van der Waals surface area contributed by atoms with Crippen LogP contribution in [0.5, 0.6) is 0 Å². The van der Waals surface area contributed by atoms with Gasteiger partial charge in [0.25, 0.3) is 5.91 Å². The van der Waals surface area contributed by atoms with Gasteiger partial charge in [-0.3, -0.25) is 14.5 Å². The van der Waals surface area contributed by atoms with Crippen LogP contribution in [-0.2, 0) is 9.53 Å². The van der Waals surface area contributed by atoms with E-state index in [1.165, 1.54) is 0 Å². The van der Waals surface area contributed by atoms with Gasteiger partial charge in [-0.1, -0.05) is 38.5 Å². The van der Waals surface area contributed by atoms with Crippen LogP contribution in [0.1, 0.15) is 61.9 Å². The van der Waals surface area contributed by atoms with Crippen molar-refractivity contribution in [1.29, 1.82) is 0 Å². The van der Waals surface area contributed by atoms with Crippen LogP contribution in [0, 0.1) is 12.8 Å². The Morgan fingerprint density at radius 3 is 2.81 bits per heavy atom. The first-order chi connectivity index (χ1) is 12.5. The Morgan fingerprint density at radius 1 is 1.35 bits per heavy atom. The van der Waals surface area contributed by atoms with E-state index < -0.39 is 11.8 Å². The van der Waals surface area contributed by atoms with E-state index in [0.29, 0.717) is 18.0 Å². The number of carbonyl (C=O) groups is 2. The van der Waals surface area contributed by atoms with Crippen molar-refractivity contribution in [3.05, 3.63) is 35.4 Å². The molecule has 1 N–H and O–H groups in total. The van der Waals surface area contributed by atoms with Gasteiger partial charge in [-0.2, -0.15) is 0 Å². The van der Waals surface area contributed by atoms with Gasteiger partial charge in [0.1, 0.15) is 11.8 Å². The summed E-state index contributed by atoms with van der Waals surface area (Å²) in [5.74, 6) is 0.281. The molecule has 1 aromatic carbocycles. The zero-order valence-corrected chi connectivity index (χ0v) is 16.1. The average molecular weight is 358 g/mol. The van der Waals surface area contributed by atoms with Crippen molar-refractivity contribution in [2.75, 3.05) is 13.2 Å². The number of hydrogen-bond donors (Lipinski definition) is 1. The van der Waals surface area contributed by atoms with Gasteiger partial charge in [-0.15, -0.1) is 0 Å². The standard InChI is InChI=1S/C21H30N2O3/c1-4-12-22-19(24)18-14-26-21(11-7-8-15(2)13-21)23(18)20(25)17-10-6-5-9-16(17)3/h5-6,9-10,15,18H,4,7-8,11-14H2,1-3H3,(H,22,24)/t15-,18-,21-/m0/s1. The maximum atomic E-state index is 13.5. The van der Waals surface area contributed by atoms with E-state index >= 15 is 0 Å². The highest BCUT2D eigenvalue weighted by molar-refractivity contribution is 5.99. The van der Waals surface area contributed by atoms with Gasteiger partial charge in [0, 0.05) is 12.1 Å². The first-order valence-electron chi connectivity index (χ1n) is 9.79. The Hall–Kier alpha value is -1.88. The van der Waals surface area contributed by atoms with E-state index in [1.54, 1.807) is 4.90 Å². The van der Waals surface area contributed by atoms with Crippen molar-refractivity contribution in [2.45, 2.75) is 64.6 Å². The third-order valence-electron chi connectivity index (χ3n) is 5.64. The first kappa shape index (κ1) is 18.9. The molecule has 1 aromatic rings. The molecule has 1 saturated carbocycles. The van der Waals surface area contributed by atoms with E-state index in [-0.39, 0.29) is 18.4 Å². The van der Waals surface area contributed by atoms with Crippen LogP contribution < -0.4 is 5.32 Å². The quantitative estimate of drug-likeness (QED) is 0.899. The normalized spacial score (nSPS) is 28.3. The number of hydrogen-bond acceptors (Lipinski definition) is 3. The molecule has 2 fully saturated rings. The van der Waals surface area contributed by atoms with E-state index in [4.69, 9.17) is 4.74 Å². The lowest BCUT2D eigenvalue weighted by molar-refractivity contribution is -0.128. The van der Waals surface area contributed by atoms with Crippen molar-refractivity contribution >= 4 is 11.8 Å². The second kappa shape index (κ2) is 7.78. The van der Waals surface area contributed by atoms with Crippen LogP contribution in [0.15, 0.2) is 24.3 Å². The highest BCUT2D eigenvalue weighted by atomic mass is 16.5. The Labute approximate surface area is 156 Å². The van der Waals surface area contributed by atoms with E-state index in [0.717, 1.165) is 37.7 Å². The summed E-state index contributed by atoms with van der Waals surface area (Å²) in [6, 6.07) is 7.03. The van der Waals surface area contributed by atoms with Crippen LogP contribution in [0.25, 0.3) is 0 Å². The molecule has 0 bridgehead atoms. The minimum Gasteiger partial charge on any atom is -0.354 e. The number of carbonyl (C=O) groups excluding carboxylic acids is 2.